The lowest BCUT2D eigenvalue weighted by atomic mass is 10.4. The maximum atomic E-state index is 8.58. The smallest absolute Gasteiger partial charge is 0.221 e. The first-order valence-corrected chi connectivity index (χ1v) is 3.00. The van der Waals surface area contributed by atoms with Gasteiger partial charge in [-0.05, 0) is 6.07 Å². The van der Waals surface area contributed by atoms with Crippen molar-refractivity contribution in [2.45, 2.75) is 6.61 Å². The minimum absolute atomic E-state index is 0.0801. The Bertz CT molecular complexity index is 220. The highest BCUT2D eigenvalue weighted by molar-refractivity contribution is 6.29. The van der Waals surface area contributed by atoms with Gasteiger partial charge in [0.1, 0.15) is 5.15 Å². The van der Waals surface area contributed by atoms with Crippen LogP contribution in [0.2, 0.25) is 5.15 Å². The van der Waals surface area contributed by atoms with Crippen LogP contribution in [-0.2, 0) is 6.61 Å². The van der Waals surface area contributed by atoms with E-state index in [1.807, 2.05) is 0 Å². The number of nitrogens with zero attached hydrogens (tertiary/aromatic N) is 2. The monoisotopic (exact) mass is 159 g/mol. The normalized spacial score (nSPS) is 9.80. The van der Waals surface area contributed by atoms with Crippen LogP contribution in [0.4, 0.5) is 5.95 Å². The molecule has 0 spiro atoms. The van der Waals surface area contributed by atoms with Crippen LogP contribution in [0.25, 0.3) is 0 Å². The zero-order valence-corrected chi connectivity index (χ0v) is 5.84. The molecule has 0 aliphatic heterocycles. The van der Waals surface area contributed by atoms with Crippen molar-refractivity contribution in [1.29, 1.82) is 0 Å². The molecule has 1 aromatic heterocycles. The van der Waals surface area contributed by atoms with Gasteiger partial charge in [-0.15, -0.1) is 0 Å². The molecular weight excluding hydrogens is 154 g/mol. The summed E-state index contributed by atoms with van der Waals surface area (Å²) in [5, 5.41) is 8.83. The molecule has 3 N–H and O–H groups in total. The Hall–Kier alpha value is -0.870. The summed E-state index contributed by atoms with van der Waals surface area (Å²) in [5.41, 5.74) is 5.65. The molecule has 5 heteroatoms. The topological polar surface area (TPSA) is 72.0 Å². The number of hydrogen-bond acceptors (Lipinski definition) is 4. The molecule has 10 heavy (non-hydrogen) atoms. The second-order valence-electron chi connectivity index (χ2n) is 1.70. The SMILES string of the molecule is Nc1nc(Cl)cc(CO)n1. The van der Waals surface area contributed by atoms with Gasteiger partial charge in [-0.2, -0.15) is 0 Å². The molecule has 0 amide bonds. The van der Waals surface area contributed by atoms with Crippen molar-refractivity contribution in [3.05, 3.63) is 16.9 Å². The average Bonchev–Trinajstić information content (AvgIpc) is 1.85. The van der Waals surface area contributed by atoms with Gasteiger partial charge in [0.05, 0.1) is 12.3 Å². The van der Waals surface area contributed by atoms with Gasteiger partial charge in [-0.3, -0.25) is 0 Å². The van der Waals surface area contributed by atoms with Crippen molar-refractivity contribution < 1.29 is 5.11 Å². The van der Waals surface area contributed by atoms with Crippen molar-refractivity contribution in [1.82, 2.24) is 9.97 Å². The number of nitrogens with two attached hydrogens (primary N) is 1. The van der Waals surface area contributed by atoms with E-state index >= 15 is 0 Å². The highest BCUT2D eigenvalue weighted by Crippen LogP contribution is 2.07. The first-order valence-electron chi connectivity index (χ1n) is 2.62. The Balaban J connectivity index is 3.06. The van der Waals surface area contributed by atoms with Crippen LogP contribution in [-0.4, -0.2) is 15.1 Å². The van der Waals surface area contributed by atoms with Gasteiger partial charge in [0.15, 0.2) is 0 Å². The predicted molar refractivity (Wildman–Crippen MR) is 37.4 cm³/mol. The van der Waals surface area contributed by atoms with Crippen LogP contribution >= 0.6 is 11.6 Å². The number of aromatic nitrogens is 2. The minimum Gasteiger partial charge on any atom is -0.390 e. The molecule has 54 valence electrons. The molecule has 1 rings (SSSR count). The molecule has 0 radical (unpaired) electrons. The van der Waals surface area contributed by atoms with E-state index in [0.29, 0.717) is 5.69 Å². The Morgan fingerprint density at radius 1 is 1.60 bits per heavy atom. The fourth-order valence-electron chi connectivity index (χ4n) is 0.565. The summed E-state index contributed by atoms with van der Waals surface area (Å²) in [6.07, 6.45) is 0. The molecule has 0 aromatic carbocycles. The number of halogens is 1. The largest absolute Gasteiger partial charge is 0.390 e. The van der Waals surface area contributed by atoms with Crippen molar-refractivity contribution >= 4 is 17.5 Å². The number of aliphatic hydroxyl groups excluding tert-OH is 1. The van der Waals surface area contributed by atoms with Crippen LogP contribution in [0, 0.1) is 0 Å². The number of nitrogen functional groups attached to an aromatic ring is 1. The molecular formula is C5H6ClN3O. The number of aliphatic hydroxyl groups is 1. The highest BCUT2D eigenvalue weighted by Gasteiger charge is 1.97. The molecule has 0 bridgehead atoms. The molecule has 0 unspecified atom stereocenters. The zero-order valence-electron chi connectivity index (χ0n) is 5.08. The van der Waals surface area contributed by atoms with Crippen molar-refractivity contribution in [2.24, 2.45) is 0 Å². The Morgan fingerprint density at radius 3 is 2.80 bits per heavy atom. The van der Waals surface area contributed by atoms with Gasteiger partial charge < -0.3 is 10.8 Å². The third-order valence-corrected chi connectivity index (χ3v) is 1.12. The molecule has 1 heterocycles. The average molecular weight is 160 g/mol. The Kier molecular flexibility index (Phi) is 2.03. The summed E-state index contributed by atoms with van der Waals surface area (Å²) in [5.74, 6) is 0.0801. The third kappa shape index (κ3) is 1.55. The van der Waals surface area contributed by atoms with Crippen LogP contribution in [0.15, 0.2) is 6.07 Å². The van der Waals surface area contributed by atoms with Crippen LogP contribution in [0.5, 0.6) is 0 Å². The molecule has 0 saturated carbocycles. The lowest BCUT2D eigenvalue weighted by molar-refractivity contribution is 0.277. The van der Waals surface area contributed by atoms with Gasteiger partial charge in [0.2, 0.25) is 5.95 Å². The van der Waals surface area contributed by atoms with E-state index in [1.165, 1.54) is 6.07 Å². The summed E-state index contributed by atoms with van der Waals surface area (Å²) in [7, 11) is 0. The fraction of sp³-hybridized carbons (Fsp3) is 0.200. The van der Waals surface area contributed by atoms with Gasteiger partial charge in [-0.1, -0.05) is 11.6 Å². The molecule has 0 fully saturated rings. The molecule has 4 nitrogen and oxygen atoms in total. The molecule has 0 atom stereocenters. The van der Waals surface area contributed by atoms with Crippen LogP contribution < -0.4 is 5.73 Å². The van der Waals surface area contributed by atoms with Crippen LogP contribution in [0.3, 0.4) is 0 Å². The summed E-state index contributed by atoms with van der Waals surface area (Å²) in [6, 6.07) is 1.46. The van der Waals surface area contributed by atoms with E-state index in [1.54, 1.807) is 0 Å². The standard InChI is InChI=1S/C5H6ClN3O/c6-4-1-3(2-10)8-5(7)9-4/h1,10H,2H2,(H2,7,8,9). The summed E-state index contributed by atoms with van der Waals surface area (Å²) in [4.78, 5) is 7.29. The lowest BCUT2D eigenvalue weighted by Crippen LogP contribution is -1.98. The minimum atomic E-state index is -0.174. The Morgan fingerprint density at radius 2 is 2.30 bits per heavy atom. The highest BCUT2D eigenvalue weighted by atomic mass is 35.5. The fourth-order valence-corrected chi connectivity index (χ4v) is 0.777. The van der Waals surface area contributed by atoms with Crippen molar-refractivity contribution in [3.8, 4) is 0 Å². The van der Waals surface area contributed by atoms with E-state index in [9.17, 15) is 0 Å². The number of hydrogen-bond donors (Lipinski definition) is 2. The molecule has 1 aromatic rings. The quantitative estimate of drug-likeness (QED) is 0.575. The molecule has 0 saturated heterocycles. The number of rotatable bonds is 1. The lowest BCUT2D eigenvalue weighted by Gasteiger charge is -1.96. The van der Waals surface area contributed by atoms with Gasteiger partial charge in [0, 0.05) is 0 Å². The maximum Gasteiger partial charge on any atom is 0.221 e. The maximum absolute atomic E-state index is 8.58. The van der Waals surface area contributed by atoms with Gasteiger partial charge in [-0.25, -0.2) is 9.97 Å². The second kappa shape index (κ2) is 2.81. The zero-order chi connectivity index (χ0) is 7.56. The summed E-state index contributed by atoms with van der Waals surface area (Å²) < 4.78 is 0. The predicted octanol–water partition coefficient (Wildman–Crippen LogP) is 0.205. The van der Waals surface area contributed by atoms with E-state index < -0.39 is 0 Å². The van der Waals surface area contributed by atoms with Gasteiger partial charge >= 0.3 is 0 Å². The Labute approximate surface area is 62.7 Å². The number of anilines is 1. The van der Waals surface area contributed by atoms with Crippen molar-refractivity contribution in [2.75, 3.05) is 5.73 Å². The molecule has 0 aliphatic carbocycles. The van der Waals surface area contributed by atoms with E-state index in [-0.39, 0.29) is 17.7 Å². The van der Waals surface area contributed by atoms with Gasteiger partial charge in [0.25, 0.3) is 0 Å². The van der Waals surface area contributed by atoms with E-state index in [2.05, 4.69) is 9.97 Å². The third-order valence-electron chi connectivity index (χ3n) is 0.927. The first kappa shape index (κ1) is 7.24. The summed E-state index contributed by atoms with van der Waals surface area (Å²) >= 11 is 5.49. The van der Waals surface area contributed by atoms with E-state index in [0.717, 1.165) is 0 Å². The molecule has 0 aliphatic rings. The van der Waals surface area contributed by atoms with Crippen LogP contribution in [0.1, 0.15) is 5.69 Å². The first-order chi connectivity index (χ1) is 4.72. The van der Waals surface area contributed by atoms with Crippen molar-refractivity contribution in [3.63, 3.8) is 0 Å². The van der Waals surface area contributed by atoms with E-state index in [4.69, 9.17) is 22.4 Å². The second-order valence-corrected chi connectivity index (χ2v) is 2.09. The summed E-state index contributed by atoms with van der Waals surface area (Å²) in [6.45, 7) is -0.174.